The van der Waals surface area contributed by atoms with Crippen molar-refractivity contribution < 1.29 is 18.0 Å². The first kappa shape index (κ1) is 21.5. The van der Waals surface area contributed by atoms with Crippen molar-refractivity contribution in [1.82, 2.24) is 4.31 Å². The lowest BCUT2D eigenvalue weighted by molar-refractivity contribution is -0.119. The van der Waals surface area contributed by atoms with Gasteiger partial charge in [-0.15, -0.1) is 0 Å². The largest absolute Gasteiger partial charge is 0.325 e. The zero-order valence-electron chi connectivity index (χ0n) is 18.0. The van der Waals surface area contributed by atoms with Gasteiger partial charge in [0.05, 0.1) is 4.90 Å². The van der Waals surface area contributed by atoms with Crippen molar-refractivity contribution >= 4 is 33.2 Å². The van der Waals surface area contributed by atoms with Crippen LogP contribution < -0.4 is 10.2 Å². The molecule has 0 unspecified atom stereocenters. The van der Waals surface area contributed by atoms with E-state index in [-0.39, 0.29) is 22.8 Å². The van der Waals surface area contributed by atoms with Crippen molar-refractivity contribution in [2.45, 2.75) is 57.0 Å². The standard InChI is InChI=1S/C23H27N3O4S/c1-15-6-8-19(9-7-15)24-23(28)22-5-4-12-25(22)31(29,30)20-10-11-21-18(14-20)13-16(2)26(21)17(3)27/h6-11,14,16,22H,4-5,12-13H2,1-3H3,(H,24,28)/t16-,22+/m0/s1. The third kappa shape index (κ3) is 3.97. The summed E-state index contributed by atoms with van der Waals surface area (Å²) in [7, 11) is -3.84. The molecule has 2 aromatic rings. The van der Waals surface area contributed by atoms with Crippen LogP contribution in [0.5, 0.6) is 0 Å². The lowest BCUT2D eigenvalue weighted by Gasteiger charge is -2.24. The Kier molecular flexibility index (Phi) is 5.61. The maximum atomic E-state index is 13.4. The van der Waals surface area contributed by atoms with Crippen molar-refractivity contribution in [3.05, 3.63) is 53.6 Å². The van der Waals surface area contributed by atoms with Gasteiger partial charge in [-0.3, -0.25) is 9.59 Å². The van der Waals surface area contributed by atoms with Gasteiger partial charge in [0.15, 0.2) is 0 Å². The zero-order valence-corrected chi connectivity index (χ0v) is 18.8. The topological polar surface area (TPSA) is 86.8 Å². The molecule has 2 amide bonds. The molecule has 2 aliphatic heterocycles. The fraction of sp³-hybridized carbons (Fsp3) is 0.391. The quantitative estimate of drug-likeness (QED) is 0.790. The summed E-state index contributed by atoms with van der Waals surface area (Å²) in [5.41, 5.74) is 3.32. The van der Waals surface area contributed by atoms with E-state index in [0.717, 1.165) is 16.8 Å². The minimum absolute atomic E-state index is 0.00900. The number of sulfonamides is 1. The first-order chi connectivity index (χ1) is 14.7. The van der Waals surface area contributed by atoms with E-state index in [2.05, 4.69) is 5.32 Å². The molecule has 0 aliphatic carbocycles. The van der Waals surface area contributed by atoms with Gasteiger partial charge in [-0.25, -0.2) is 8.42 Å². The monoisotopic (exact) mass is 441 g/mol. The zero-order chi connectivity index (χ0) is 22.3. The molecular formula is C23H27N3O4S. The van der Waals surface area contributed by atoms with Crippen LogP contribution in [0, 0.1) is 6.92 Å². The number of amides is 2. The fourth-order valence-electron chi connectivity index (χ4n) is 4.54. The average Bonchev–Trinajstić information content (AvgIpc) is 3.33. The van der Waals surface area contributed by atoms with Crippen LogP contribution in [0.15, 0.2) is 47.4 Å². The summed E-state index contributed by atoms with van der Waals surface area (Å²) in [5.74, 6) is -0.378. The number of carbonyl (C=O) groups is 2. The Labute approximate surface area is 183 Å². The molecule has 164 valence electrons. The van der Waals surface area contributed by atoms with Crippen molar-refractivity contribution in [3.8, 4) is 0 Å². The van der Waals surface area contributed by atoms with Gasteiger partial charge in [0, 0.05) is 30.9 Å². The van der Waals surface area contributed by atoms with Crippen LogP contribution in [0.2, 0.25) is 0 Å². The average molecular weight is 442 g/mol. The molecule has 7 nitrogen and oxygen atoms in total. The minimum atomic E-state index is -3.84. The van der Waals surface area contributed by atoms with Crippen LogP contribution in [0.3, 0.4) is 0 Å². The first-order valence-corrected chi connectivity index (χ1v) is 11.9. The number of carbonyl (C=O) groups excluding carboxylic acids is 2. The Hall–Kier alpha value is -2.71. The van der Waals surface area contributed by atoms with E-state index >= 15 is 0 Å². The van der Waals surface area contributed by atoms with Gasteiger partial charge in [0.2, 0.25) is 21.8 Å². The van der Waals surface area contributed by atoms with E-state index < -0.39 is 16.1 Å². The maximum Gasteiger partial charge on any atom is 0.243 e. The molecule has 0 saturated carbocycles. The van der Waals surface area contributed by atoms with Gasteiger partial charge >= 0.3 is 0 Å². The summed E-state index contributed by atoms with van der Waals surface area (Å²) >= 11 is 0. The molecule has 31 heavy (non-hydrogen) atoms. The third-order valence-corrected chi connectivity index (χ3v) is 7.94. The van der Waals surface area contributed by atoms with E-state index in [1.165, 1.54) is 17.3 Å². The van der Waals surface area contributed by atoms with Crippen molar-refractivity contribution in [1.29, 1.82) is 0 Å². The predicted molar refractivity (Wildman–Crippen MR) is 119 cm³/mol. The van der Waals surface area contributed by atoms with Crippen LogP contribution in [-0.4, -0.2) is 43.2 Å². The summed E-state index contributed by atoms with van der Waals surface area (Å²) in [6.45, 7) is 5.73. The second-order valence-corrected chi connectivity index (χ2v) is 10.3. The van der Waals surface area contributed by atoms with Gasteiger partial charge in [-0.1, -0.05) is 17.7 Å². The van der Waals surface area contributed by atoms with Crippen LogP contribution in [-0.2, 0) is 26.0 Å². The molecule has 0 bridgehead atoms. The first-order valence-electron chi connectivity index (χ1n) is 10.5. The van der Waals surface area contributed by atoms with Crippen molar-refractivity contribution in [3.63, 3.8) is 0 Å². The Morgan fingerprint density at radius 1 is 1.10 bits per heavy atom. The molecule has 1 fully saturated rings. The van der Waals surface area contributed by atoms with E-state index in [9.17, 15) is 18.0 Å². The van der Waals surface area contributed by atoms with E-state index in [1.807, 2.05) is 38.1 Å². The van der Waals surface area contributed by atoms with Gasteiger partial charge < -0.3 is 10.2 Å². The number of hydrogen-bond donors (Lipinski definition) is 1. The van der Waals surface area contributed by atoms with Crippen LogP contribution in [0.1, 0.15) is 37.8 Å². The molecule has 8 heteroatoms. The summed E-state index contributed by atoms with van der Waals surface area (Å²) in [4.78, 5) is 26.7. The fourth-order valence-corrected chi connectivity index (χ4v) is 6.24. The van der Waals surface area contributed by atoms with Crippen molar-refractivity contribution in [2.75, 3.05) is 16.8 Å². The highest BCUT2D eigenvalue weighted by molar-refractivity contribution is 7.89. The third-order valence-electron chi connectivity index (χ3n) is 6.04. The minimum Gasteiger partial charge on any atom is -0.325 e. The van der Waals surface area contributed by atoms with E-state index in [4.69, 9.17) is 0 Å². The summed E-state index contributed by atoms with van der Waals surface area (Å²) in [6, 6.07) is 11.5. The summed E-state index contributed by atoms with van der Waals surface area (Å²) < 4.78 is 28.1. The number of rotatable bonds is 4. The highest BCUT2D eigenvalue weighted by atomic mass is 32.2. The molecule has 4 rings (SSSR count). The highest BCUT2D eigenvalue weighted by Gasteiger charge is 2.40. The SMILES string of the molecule is CC(=O)N1c2ccc(S(=O)(=O)N3CCC[C@@H]3C(=O)Nc3ccc(C)cc3)cc2C[C@@H]1C. The number of nitrogens with one attached hydrogen (secondary N) is 1. The van der Waals surface area contributed by atoms with Crippen molar-refractivity contribution in [2.24, 2.45) is 0 Å². The normalized spacial score (nSPS) is 21.2. The Bertz CT molecular complexity index is 1130. The number of fused-ring (bicyclic) bond motifs is 1. The molecule has 2 heterocycles. The number of aryl methyl sites for hydroxylation is 1. The van der Waals surface area contributed by atoms with Gasteiger partial charge in [-0.2, -0.15) is 4.31 Å². The second kappa shape index (κ2) is 8.09. The van der Waals surface area contributed by atoms with Gasteiger partial charge in [-0.05, 0) is 69.0 Å². The summed E-state index contributed by atoms with van der Waals surface area (Å²) in [6.07, 6.45) is 1.72. The number of nitrogens with zero attached hydrogens (tertiary/aromatic N) is 2. The number of benzene rings is 2. The second-order valence-electron chi connectivity index (χ2n) is 8.36. The molecule has 0 spiro atoms. The molecule has 0 radical (unpaired) electrons. The summed E-state index contributed by atoms with van der Waals surface area (Å²) in [5, 5.41) is 2.84. The smallest absolute Gasteiger partial charge is 0.243 e. The van der Waals surface area contributed by atoms with Crippen LogP contribution >= 0.6 is 0 Å². The molecule has 1 saturated heterocycles. The molecule has 2 atom stereocenters. The van der Waals surface area contributed by atoms with Crippen LogP contribution in [0.25, 0.3) is 0 Å². The van der Waals surface area contributed by atoms with E-state index in [0.29, 0.717) is 31.5 Å². The number of hydrogen-bond acceptors (Lipinski definition) is 4. The Morgan fingerprint density at radius 2 is 1.81 bits per heavy atom. The van der Waals surface area contributed by atoms with Gasteiger partial charge in [0.25, 0.3) is 0 Å². The molecular weight excluding hydrogens is 414 g/mol. The highest BCUT2D eigenvalue weighted by Crippen LogP contribution is 2.35. The molecule has 2 aliphatic rings. The number of anilines is 2. The lowest BCUT2D eigenvalue weighted by atomic mass is 10.1. The molecule has 1 N–H and O–H groups in total. The molecule has 0 aromatic heterocycles. The Morgan fingerprint density at radius 3 is 2.48 bits per heavy atom. The van der Waals surface area contributed by atoms with E-state index in [1.54, 1.807) is 17.0 Å². The predicted octanol–water partition coefficient (Wildman–Crippen LogP) is 3.08. The maximum absolute atomic E-state index is 13.4. The lowest BCUT2D eigenvalue weighted by Crippen LogP contribution is -2.43. The van der Waals surface area contributed by atoms with Gasteiger partial charge in [0.1, 0.15) is 6.04 Å². The molecule has 2 aromatic carbocycles. The van der Waals surface area contributed by atoms with Crippen LogP contribution in [0.4, 0.5) is 11.4 Å². The Balaban J connectivity index is 1.58.